The Kier molecular flexibility index (Phi) is 15.8. The minimum absolute atomic E-state index is 0.701. The van der Waals surface area contributed by atoms with Gasteiger partial charge in [-0.25, -0.2) is 0 Å². The summed E-state index contributed by atoms with van der Waals surface area (Å²) in [6.07, 6.45) is 4.06. The van der Waals surface area contributed by atoms with Crippen LogP contribution in [0, 0.1) is 6.92 Å². The molecule has 0 unspecified atom stereocenters. The molecule has 2 aromatic rings. The first-order valence-corrected chi connectivity index (χ1v) is 9.52. The van der Waals surface area contributed by atoms with Crippen LogP contribution in [0.15, 0.2) is 40.9 Å². The number of rotatable bonds is 10. The Morgan fingerprint density at radius 3 is 2.20 bits per heavy atom. The number of unbranched alkanes of at least 4 members (excludes halogenated alkanes) is 2. The van der Waals surface area contributed by atoms with Crippen LogP contribution in [0.25, 0.3) is 0 Å². The summed E-state index contributed by atoms with van der Waals surface area (Å²) >= 11 is 0. The maximum Gasteiger partial charge on any atom is 0.133 e. The van der Waals surface area contributed by atoms with Gasteiger partial charge >= 0.3 is 0 Å². The first-order chi connectivity index (χ1) is 12.3. The third-order valence-electron chi connectivity index (χ3n) is 3.12. The van der Waals surface area contributed by atoms with Crippen LogP contribution < -0.4 is 4.74 Å². The Balaban J connectivity index is 0.00000134. The van der Waals surface area contributed by atoms with Crippen LogP contribution in [0.2, 0.25) is 0 Å². The van der Waals surface area contributed by atoms with Crippen molar-refractivity contribution < 1.29 is 14.0 Å². The lowest BCUT2D eigenvalue weighted by atomic mass is 10.2. The number of aryl methyl sites for hydroxylation is 1. The van der Waals surface area contributed by atoms with E-state index in [0.29, 0.717) is 6.61 Å². The van der Waals surface area contributed by atoms with Gasteiger partial charge in [-0.2, -0.15) is 0 Å². The van der Waals surface area contributed by atoms with E-state index >= 15 is 0 Å². The summed E-state index contributed by atoms with van der Waals surface area (Å²) in [4.78, 5) is 0. The molecule has 0 saturated carbocycles. The lowest BCUT2D eigenvalue weighted by Crippen LogP contribution is -2.02. The normalized spacial score (nSPS) is 9.48. The summed E-state index contributed by atoms with van der Waals surface area (Å²) < 4.78 is 16.2. The molecule has 1 aromatic heterocycles. The molecule has 0 saturated heterocycles. The number of aromatic nitrogens is 1. The van der Waals surface area contributed by atoms with E-state index in [4.69, 9.17) is 14.0 Å². The minimum atomic E-state index is 0.701. The SMILES string of the molecule is CC.CC.Cc1cc(CCOCCCCCOc2ccccc2)no1. The molecule has 0 atom stereocenters. The zero-order valence-electron chi connectivity index (χ0n) is 16.6. The van der Waals surface area contributed by atoms with Crippen LogP contribution in [0.4, 0.5) is 0 Å². The zero-order chi connectivity index (χ0) is 18.8. The summed E-state index contributed by atoms with van der Waals surface area (Å²) in [5.41, 5.74) is 0.962. The first-order valence-electron chi connectivity index (χ1n) is 9.52. The number of para-hydroxylation sites is 1. The predicted molar refractivity (Wildman–Crippen MR) is 104 cm³/mol. The van der Waals surface area contributed by atoms with Crippen LogP contribution in [-0.2, 0) is 11.2 Å². The third kappa shape index (κ3) is 12.2. The van der Waals surface area contributed by atoms with E-state index in [2.05, 4.69) is 5.16 Å². The van der Waals surface area contributed by atoms with Crippen LogP contribution in [-0.4, -0.2) is 25.0 Å². The maximum absolute atomic E-state index is 5.63. The lowest BCUT2D eigenvalue weighted by molar-refractivity contribution is 0.130. The van der Waals surface area contributed by atoms with E-state index in [0.717, 1.165) is 56.1 Å². The Labute approximate surface area is 153 Å². The largest absolute Gasteiger partial charge is 0.494 e. The topological polar surface area (TPSA) is 44.5 Å². The number of hydrogen-bond acceptors (Lipinski definition) is 4. The van der Waals surface area contributed by atoms with Crippen molar-refractivity contribution in [1.29, 1.82) is 0 Å². The van der Waals surface area contributed by atoms with Crippen molar-refractivity contribution in [3.05, 3.63) is 47.9 Å². The van der Waals surface area contributed by atoms with Gasteiger partial charge in [0, 0.05) is 19.1 Å². The lowest BCUT2D eigenvalue weighted by Gasteiger charge is -2.06. The van der Waals surface area contributed by atoms with Gasteiger partial charge in [0.25, 0.3) is 0 Å². The highest BCUT2D eigenvalue weighted by atomic mass is 16.5. The summed E-state index contributed by atoms with van der Waals surface area (Å²) in [6, 6.07) is 11.9. The molecule has 0 aliphatic rings. The molecule has 25 heavy (non-hydrogen) atoms. The highest BCUT2D eigenvalue weighted by Crippen LogP contribution is 2.09. The Morgan fingerprint density at radius 2 is 1.56 bits per heavy atom. The molecule has 4 heteroatoms. The smallest absolute Gasteiger partial charge is 0.133 e. The Hall–Kier alpha value is -1.81. The summed E-state index contributed by atoms with van der Waals surface area (Å²) in [7, 11) is 0. The van der Waals surface area contributed by atoms with Gasteiger partial charge in [0.2, 0.25) is 0 Å². The monoisotopic (exact) mass is 349 g/mol. The molecule has 142 valence electrons. The molecule has 0 radical (unpaired) electrons. The summed E-state index contributed by atoms with van der Waals surface area (Å²) in [6.45, 7) is 12.2. The van der Waals surface area contributed by atoms with E-state index in [1.165, 1.54) is 0 Å². The highest BCUT2D eigenvalue weighted by Gasteiger charge is 1.99. The van der Waals surface area contributed by atoms with E-state index in [9.17, 15) is 0 Å². The quantitative estimate of drug-likeness (QED) is 0.505. The van der Waals surface area contributed by atoms with Gasteiger partial charge in [-0.1, -0.05) is 51.1 Å². The first kappa shape index (κ1) is 23.2. The fraction of sp³-hybridized carbons (Fsp3) is 0.571. The van der Waals surface area contributed by atoms with Gasteiger partial charge in [-0.3, -0.25) is 0 Å². The average molecular weight is 350 g/mol. The van der Waals surface area contributed by atoms with Gasteiger partial charge < -0.3 is 14.0 Å². The summed E-state index contributed by atoms with van der Waals surface area (Å²) in [5.74, 6) is 1.79. The summed E-state index contributed by atoms with van der Waals surface area (Å²) in [5, 5.41) is 3.93. The molecule has 0 aliphatic carbocycles. The molecule has 2 rings (SSSR count). The van der Waals surface area contributed by atoms with E-state index in [1.807, 2.05) is 71.0 Å². The van der Waals surface area contributed by atoms with Crippen LogP contribution in [0.1, 0.15) is 58.4 Å². The zero-order valence-corrected chi connectivity index (χ0v) is 16.6. The van der Waals surface area contributed by atoms with Crippen LogP contribution in [0.5, 0.6) is 5.75 Å². The van der Waals surface area contributed by atoms with Crippen molar-refractivity contribution in [2.24, 2.45) is 0 Å². The molecule has 0 fully saturated rings. The number of nitrogens with zero attached hydrogens (tertiary/aromatic N) is 1. The van der Waals surface area contributed by atoms with Crippen LogP contribution >= 0.6 is 0 Å². The maximum atomic E-state index is 5.63. The van der Waals surface area contributed by atoms with Gasteiger partial charge in [0.1, 0.15) is 11.5 Å². The molecular weight excluding hydrogens is 314 g/mol. The molecule has 0 amide bonds. The molecule has 0 aliphatic heterocycles. The van der Waals surface area contributed by atoms with Gasteiger partial charge in [0.15, 0.2) is 0 Å². The molecule has 0 spiro atoms. The van der Waals surface area contributed by atoms with Gasteiger partial charge in [-0.05, 0) is 38.3 Å². The van der Waals surface area contributed by atoms with Crippen molar-refractivity contribution in [2.45, 2.75) is 60.3 Å². The van der Waals surface area contributed by atoms with Crippen molar-refractivity contribution in [3.8, 4) is 5.75 Å². The van der Waals surface area contributed by atoms with Crippen LogP contribution in [0.3, 0.4) is 0 Å². The standard InChI is InChI=1S/C17H23NO3.2C2H6/c1-15-14-16(18-21-15)10-13-19-11-6-3-7-12-20-17-8-4-2-5-9-17;2*1-2/h2,4-5,8-9,14H,3,6-7,10-13H2,1H3;2*1-2H3. The predicted octanol–water partition coefficient (Wildman–Crippen LogP) is 5.84. The fourth-order valence-electron chi connectivity index (χ4n) is 2.00. The second kappa shape index (κ2) is 17.0. The molecule has 4 nitrogen and oxygen atoms in total. The molecule has 1 aromatic carbocycles. The Bertz CT molecular complexity index is 497. The molecule has 0 bridgehead atoms. The van der Waals surface area contributed by atoms with E-state index in [1.54, 1.807) is 0 Å². The number of hydrogen-bond donors (Lipinski definition) is 0. The van der Waals surface area contributed by atoms with Crippen molar-refractivity contribution in [3.63, 3.8) is 0 Å². The van der Waals surface area contributed by atoms with E-state index < -0.39 is 0 Å². The van der Waals surface area contributed by atoms with Gasteiger partial charge in [0.05, 0.1) is 18.9 Å². The van der Waals surface area contributed by atoms with E-state index in [-0.39, 0.29) is 0 Å². The number of benzene rings is 1. The molecular formula is C21H35NO3. The number of ether oxygens (including phenoxy) is 2. The van der Waals surface area contributed by atoms with Crippen molar-refractivity contribution >= 4 is 0 Å². The van der Waals surface area contributed by atoms with Crippen molar-refractivity contribution in [1.82, 2.24) is 5.16 Å². The molecule has 0 N–H and O–H groups in total. The van der Waals surface area contributed by atoms with Crippen molar-refractivity contribution in [2.75, 3.05) is 19.8 Å². The third-order valence-corrected chi connectivity index (χ3v) is 3.12. The fourth-order valence-corrected chi connectivity index (χ4v) is 2.00. The second-order valence-electron chi connectivity index (χ2n) is 5.01. The minimum Gasteiger partial charge on any atom is -0.494 e. The van der Waals surface area contributed by atoms with Gasteiger partial charge in [-0.15, -0.1) is 0 Å². The average Bonchev–Trinajstić information content (AvgIpc) is 3.09. The molecule has 1 heterocycles. The second-order valence-corrected chi connectivity index (χ2v) is 5.01. The Morgan fingerprint density at radius 1 is 0.880 bits per heavy atom. The highest BCUT2D eigenvalue weighted by molar-refractivity contribution is 5.20.